The standard InChI is InChI=1S/C11H10ClNO.C2H6/c12-10-3-1-9(2-4-10)11(14)5-8(6-11)7-13;1-2/h1-4,8,14H,5-6H2;1-2H3. The highest BCUT2D eigenvalue weighted by atomic mass is 35.5. The predicted octanol–water partition coefficient (Wildman–Crippen LogP) is 3.49. The van der Waals surface area contributed by atoms with Gasteiger partial charge in [0.15, 0.2) is 0 Å². The van der Waals surface area contributed by atoms with E-state index in [-0.39, 0.29) is 5.92 Å². The Morgan fingerprint density at radius 2 is 1.81 bits per heavy atom. The number of rotatable bonds is 1. The Bertz CT molecular complexity index is 374. The van der Waals surface area contributed by atoms with E-state index in [0.717, 1.165) is 5.56 Å². The zero-order valence-electron chi connectivity index (χ0n) is 9.57. The molecule has 1 aromatic rings. The zero-order chi connectivity index (χ0) is 12.2. The Morgan fingerprint density at radius 1 is 1.31 bits per heavy atom. The van der Waals surface area contributed by atoms with Crippen LogP contribution in [0.25, 0.3) is 0 Å². The fourth-order valence-electron chi connectivity index (χ4n) is 1.84. The van der Waals surface area contributed by atoms with E-state index in [1.54, 1.807) is 12.1 Å². The summed E-state index contributed by atoms with van der Waals surface area (Å²) in [5.41, 5.74) is 0.0544. The Morgan fingerprint density at radius 3 is 2.25 bits per heavy atom. The van der Waals surface area contributed by atoms with Crippen LogP contribution in [0.15, 0.2) is 24.3 Å². The van der Waals surface area contributed by atoms with Crippen LogP contribution in [0.4, 0.5) is 0 Å². The lowest BCUT2D eigenvalue weighted by molar-refractivity contribution is -0.0628. The number of hydrogen-bond donors (Lipinski definition) is 1. The zero-order valence-corrected chi connectivity index (χ0v) is 10.3. The van der Waals surface area contributed by atoms with Crippen molar-refractivity contribution >= 4 is 11.6 Å². The van der Waals surface area contributed by atoms with Crippen LogP contribution < -0.4 is 0 Å². The van der Waals surface area contributed by atoms with Crippen LogP contribution >= 0.6 is 11.6 Å². The van der Waals surface area contributed by atoms with E-state index in [4.69, 9.17) is 16.9 Å². The molecule has 0 unspecified atom stereocenters. The molecule has 0 amide bonds. The third kappa shape index (κ3) is 2.55. The van der Waals surface area contributed by atoms with Crippen molar-refractivity contribution in [1.29, 1.82) is 5.26 Å². The van der Waals surface area contributed by atoms with Gasteiger partial charge >= 0.3 is 0 Å². The van der Waals surface area contributed by atoms with Gasteiger partial charge in [0.25, 0.3) is 0 Å². The number of halogens is 1. The second-order valence-electron chi connectivity index (χ2n) is 3.77. The van der Waals surface area contributed by atoms with Crippen LogP contribution in [0.1, 0.15) is 32.3 Å². The van der Waals surface area contributed by atoms with Gasteiger partial charge in [0.05, 0.1) is 17.6 Å². The van der Waals surface area contributed by atoms with Gasteiger partial charge in [0.2, 0.25) is 0 Å². The molecule has 0 radical (unpaired) electrons. The van der Waals surface area contributed by atoms with Gasteiger partial charge in [-0.25, -0.2) is 0 Å². The first-order valence-corrected chi connectivity index (χ1v) is 5.90. The number of nitrogens with zero attached hydrogens (tertiary/aromatic N) is 1. The maximum atomic E-state index is 10.1. The molecule has 0 atom stereocenters. The van der Waals surface area contributed by atoms with Crippen LogP contribution in [0.5, 0.6) is 0 Å². The third-order valence-electron chi connectivity index (χ3n) is 2.73. The van der Waals surface area contributed by atoms with Crippen molar-refractivity contribution in [2.75, 3.05) is 0 Å². The molecule has 2 nitrogen and oxygen atoms in total. The van der Waals surface area contributed by atoms with E-state index in [1.807, 2.05) is 26.0 Å². The van der Waals surface area contributed by atoms with Crippen LogP contribution in [0.2, 0.25) is 5.02 Å². The molecule has 0 heterocycles. The number of nitriles is 1. The molecule has 0 spiro atoms. The monoisotopic (exact) mass is 237 g/mol. The average molecular weight is 238 g/mol. The summed E-state index contributed by atoms with van der Waals surface area (Å²) in [5.74, 6) is -0.00400. The highest BCUT2D eigenvalue weighted by molar-refractivity contribution is 6.30. The van der Waals surface area contributed by atoms with Crippen LogP contribution in [-0.4, -0.2) is 5.11 Å². The minimum atomic E-state index is -0.801. The van der Waals surface area contributed by atoms with E-state index in [2.05, 4.69) is 6.07 Å². The lowest BCUT2D eigenvalue weighted by Gasteiger charge is -2.40. The van der Waals surface area contributed by atoms with Gasteiger partial charge in [0, 0.05) is 5.02 Å². The van der Waals surface area contributed by atoms with E-state index in [9.17, 15) is 5.11 Å². The number of hydrogen-bond acceptors (Lipinski definition) is 2. The molecule has 1 aliphatic carbocycles. The second kappa shape index (κ2) is 5.34. The molecule has 0 saturated heterocycles. The maximum absolute atomic E-state index is 10.1. The third-order valence-corrected chi connectivity index (χ3v) is 2.98. The molecule has 3 heteroatoms. The Hall–Kier alpha value is -1.04. The molecular formula is C13H16ClNO. The Kier molecular flexibility index (Phi) is 4.35. The fourth-order valence-corrected chi connectivity index (χ4v) is 1.97. The molecule has 16 heavy (non-hydrogen) atoms. The summed E-state index contributed by atoms with van der Waals surface area (Å²) in [5, 5.41) is 19.4. The first-order valence-electron chi connectivity index (χ1n) is 5.52. The highest BCUT2D eigenvalue weighted by Gasteiger charge is 2.43. The molecule has 0 bridgehead atoms. The lowest BCUT2D eigenvalue weighted by atomic mass is 9.68. The van der Waals surface area contributed by atoms with Gasteiger partial charge in [-0.2, -0.15) is 5.26 Å². The summed E-state index contributed by atoms with van der Waals surface area (Å²) < 4.78 is 0. The molecule has 1 aromatic carbocycles. The molecule has 86 valence electrons. The number of benzene rings is 1. The summed E-state index contributed by atoms with van der Waals surface area (Å²) in [6, 6.07) is 9.30. The van der Waals surface area contributed by atoms with Crippen molar-refractivity contribution in [3.8, 4) is 6.07 Å². The van der Waals surface area contributed by atoms with Crippen LogP contribution in [0, 0.1) is 17.2 Å². The highest BCUT2D eigenvalue weighted by Crippen LogP contribution is 2.45. The van der Waals surface area contributed by atoms with Crippen LogP contribution in [0.3, 0.4) is 0 Å². The van der Waals surface area contributed by atoms with Crippen molar-refractivity contribution in [3.63, 3.8) is 0 Å². The fraction of sp³-hybridized carbons (Fsp3) is 0.462. The molecule has 1 fully saturated rings. The molecule has 1 saturated carbocycles. The molecule has 1 N–H and O–H groups in total. The normalized spacial score (nSPS) is 27.1. The van der Waals surface area contributed by atoms with Crippen molar-refractivity contribution in [3.05, 3.63) is 34.9 Å². The average Bonchev–Trinajstić information content (AvgIpc) is 2.28. The first-order chi connectivity index (χ1) is 7.64. The second-order valence-corrected chi connectivity index (χ2v) is 4.21. The minimum absolute atomic E-state index is 0.00400. The minimum Gasteiger partial charge on any atom is -0.385 e. The summed E-state index contributed by atoms with van der Waals surface area (Å²) in [6.07, 6.45) is 1.07. The van der Waals surface area contributed by atoms with Crippen molar-refractivity contribution < 1.29 is 5.11 Å². The smallest absolute Gasteiger partial charge is 0.0921 e. The number of aliphatic hydroxyl groups is 1. The van der Waals surface area contributed by atoms with Crippen LogP contribution in [-0.2, 0) is 5.60 Å². The van der Waals surface area contributed by atoms with Gasteiger partial charge < -0.3 is 5.11 Å². The quantitative estimate of drug-likeness (QED) is 0.813. The van der Waals surface area contributed by atoms with E-state index < -0.39 is 5.60 Å². The summed E-state index contributed by atoms with van der Waals surface area (Å²) >= 11 is 5.74. The molecule has 2 rings (SSSR count). The first kappa shape index (κ1) is 13.0. The predicted molar refractivity (Wildman–Crippen MR) is 65.0 cm³/mol. The van der Waals surface area contributed by atoms with Gasteiger partial charge in [0.1, 0.15) is 0 Å². The SMILES string of the molecule is CC.N#CC1CC(O)(c2ccc(Cl)cc2)C1. The summed E-state index contributed by atoms with van der Waals surface area (Å²) in [6.45, 7) is 4.00. The molecule has 0 aromatic heterocycles. The van der Waals surface area contributed by atoms with Gasteiger partial charge in [-0.3, -0.25) is 0 Å². The lowest BCUT2D eigenvalue weighted by Crippen LogP contribution is -2.40. The molecule has 0 aliphatic heterocycles. The summed E-state index contributed by atoms with van der Waals surface area (Å²) in [4.78, 5) is 0. The summed E-state index contributed by atoms with van der Waals surface area (Å²) in [7, 11) is 0. The van der Waals surface area contributed by atoms with Gasteiger partial charge in [-0.15, -0.1) is 0 Å². The van der Waals surface area contributed by atoms with E-state index in [0.29, 0.717) is 17.9 Å². The largest absolute Gasteiger partial charge is 0.385 e. The van der Waals surface area contributed by atoms with E-state index >= 15 is 0 Å². The maximum Gasteiger partial charge on any atom is 0.0921 e. The van der Waals surface area contributed by atoms with E-state index in [1.165, 1.54) is 0 Å². The van der Waals surface area contributed by atoms with Gasteiger partial charge in [-0.05, 0) is 30.5 Å². The topological polar surface area (TPSA) is 44.0 Å². The van der Waals surface area contributed by atoms with Crippen molar-refractivity contribution in [2.24, 2.45) is 5.92 Å². The molecular weight excluding hydrogens is 222 g/mol. The molecule has 1 aliphatic rings. The Labute approximate surface area is 101 Å². The van der Waals surface area contributed by atoms with Crippen molar-refractivity contribution in [1.82, 2.24) is 0 Å². The van der Waals surface area contributed by atoms with Crippen molar-refractivity contribution in [2.45, 2.75) is 32.3 Å². The van der Waals surface area contributed by atoms with Gasteiger partial charge in [-0.1, -0.05) is 37.6 Å². The Balaban J connectivity index is 0.000000606.